The molecule has 0 saturated carbocycles. The highest BCUT2D eigenvalue weighted by Crippen LogP contribution is 2.21. The lowest BCUT2D eigenvalue weighted by atomic mass is 9.95. The number of nitrogens with zero attached hydrogens (tertiary/aromatic N) is 2. The molecular formula is C16H23N3. The minimum atomic E-state index is 0.00964. The first-order valence-corrected chi connectivity index (χ1v) is 6.84. The van der Waals surface area contributed by atoms with Crippen LogP contribution in [-0.2, 0) is 6.42 Å². The van der Waals surface area contributed by atoms with Crippen LogP contribution in [0.15, 0.2) is 30.5 Å². The van der Waals surface area contributed by atoms with E-state index in [4.69, 9.17) is 5.73 Å². The van der Waals surface area contributed by atoms with Gasteiger partial charge in [0.25, 0.3) is 0 Å². The van der Waals surface area contributed by atoms with Crippen LogP contribution in [0.1, 0.15) is 48.3 Å². The Hall–Kier alpha value is -1.61. The molecule has 0 radical (unpaired) electrons. The second-order valence-electron chi connectivity index (χ2n) is 5.48. The summed E-state index contributed by atoms with van der Waals surface area (Å²) in [6.07, 6.45) is 2.81. The summed E-state index contributed by atoms with van der Waals surface area (Å²) < 4.78 is 1.98. The highest BCUT2D eigenvalue weighted by Gasteiger charge is 2.12. The Morgan fingerprint density at radius 1 is 1.21 bits per heavy atom. The molecule has 2 aromatic rings. The fraction of sp³-hybridized carbons (Fsp3) is 0.438. The maximum atomic E-state index is 6.33. The van der Waals surface area contributed by atoms with E-state index in [-0.39, 0.29) is 6.04 Å². The molecule has 3 nitrogen and oxygen atoms in total. The SMILES string of the molecule is Cc1cccc(C(N)Cc2ccn(C(C)C)n2)c1C. The van der Waals surface area contributed by atoms with Gasteiger partial charge in [0.15, 0.2) is 0 Å². The van der Waals surface area contributed by atoms with Crippen molar-refractivity contribution in [2.45, 2.75) is 46.2 Å². The molecule has 3 heteroatoms. The van der Waals surface area contributed by atoms with Crippen LogP contribution in [0, 0.1) is 13.8 Å². The van der Waals surface area contributed by atoms with Gasteiger partial charge in [-0.2, -0.15) is 5.10 Å². The summed E-state index contributed by atoms with van der Waals surface area (Å²) in [6, 6.07) is 8.78. The number of rotatable bonds is 4. The van der Waals surface area contributed by atoms with E-state index in [9.17, 15) is 0 Å². The second kappa shape index (κ2) is 5.57. The fourth-order valence-corrected chi connectivity index (χ4v) is 2.28. The van der Waals surface area contributed by atoms with Crippen molar-refractivity contribution in [2.75, 3.05) is 0 Å². The lowest BCUT2D eigenvalue weighted by Gasteiger charge is -2.15. The molecule has 19 heavy (non-hydrogen) atoms. The summed E-state index contributed by atoms with van der Waals surface area (Å²) >= 11 is 0. The first-order chi connectivity index (χ1) is 8.99. The van der Waals surface area contributed by atoms with Gasteiger partial charge in [0.05, 0.1) is 5.69 Å². The average molecular weight is 257 g/mol. The number of hydrogen-bond acceptors (Lipinski definition) is 2. The van der Waals surface area contributed by atoms with Crippen LogP contribution < -0.4 is 5.73 Å². The number of aromatic nitrogens is 2. The molecule has 1 heterocycles. The summed E-state index contributed by atoms with van der Waals surface area (Å²) in [6.45, 7) is 8.51. The molecule has 1 aromatic heterocycles. The van der Waals surface area contributed by atoms with Gasteiger partial charge < -0.3 is 5.73 Å². The summed E-state index contributed by atoms with van der Waals surface area (Å²) in [5.41, 5.74) is 11.2. The molecule has 0 saturated heterocycles. The Balaban J connectivity index is 2.16. The third-order valence-corrected chi connectivity index (χ3v) is 3.67. The molecule has 0 fully saturated rings. The molecular weight excluding hydrogens is 234 g/mol. The Kier molecular flexibility index (Phi) is 4.05. The van der Waals surface area contributed by atoms with Gasteiger partial charge in [0.1, 0.15) is 0 Å². The Morgan fingerprint density at radius 3 is 2.58 bits per heavy atom. The largest absolute Gasteiger partial charge is 0.324 e. The van der Waals surface area contributed by atoms with Crippen LogP contribution in [0.3, 0.4) is 0 Å². The normalized spacial score (nSPS) is 12.9. The third-order valence-electron chi connectivity index (χ3n) is 3.67. The van der Waals surface area contributed by atoms with E-state index >= 15 is 0 Å². The van der Waals surface area contributed by atoms with Crippen molar-refractivity contribution < 1.29 is 0 Å². The average Bonchev–Trinajstić information content (AvgIpc) is 2.81. The van der Waals surface area contributed by atoms with Gasteiger partial charge in [0.2, 0.25) is 0 Å². The van der Waals surface area contributed by atoms with Gasteiger partial charge in [-0.3, -0.25) is 4.68 Å². The zero-order valence-corrected chi connectivity index (χ0v) is 12.2. The molecule has 0 amide bonds. The van der Waals surface area contributed by atoms with E-state index in [0.717, 1.165) is 12.1 Å². The van der Waals surface area contributed by atoms with Crippen molar-refractivity contribution >= 4 is 0 Å². The van der Waals surface area contributed by atoms with Crippen LogP contribution in [0.2, 0.25) is 0 Å². The fourth-order valence-electron chi connectivity index (χ4n) is 2.28. The number of hydrogen-bond donors (Lipinski definition) is 1. The molecule has 1 unspecified atom stereocenters. The number of benzene rings is 1. The zero-order valence-electron chi connectivity index (χ0n) is 12.2. The lowest BCUT2D eigenvalue weighted by Crippen LogP contribution is -2.15. The van der Waals surface area contributed by atoms with E-state index in [2.05, 4.69) is 57.1 Å². The predicted octanol–water partition coefficient (Wildman–Crippen LogP) is 3.32. The van der Waals surface area contributed by atoms with Crippen LogP contribution >= 0.6 is 0 Å². The highest BCUT2D eigenvalue weighted by atomic mass is 15.3. The van der Waals surface area contributed by atoms with Gasteiger partial charge >= 0.3 is 0 Å². The zero-order chi connectivity index (χ0) is 14.0. The standard InChI is InChI=1S/C16H23N3/c1-11(2)19-9-8-14(18-19)10-16(17)15-7-5-6-12(3)13(15)4/h5-9,11,16H,10,17H2,1-4H3. The summed E-state index contributed by atoms with van der Waals surface area (Å²) in [7, 11) is 0. The molecule has 2 rings (SSSR count). The van der Waals surface area contributed by atoms with E-state index in [0.29, 0.717) is 6.04 Å². The molecule has 0 spiro atoms. The summed E-state index contributed by atoms with van der Waals surface area (Å²) in [4.78, 5) is 0. The Morgan fingerprint density at radius 2 is 1.95 bits per heavy atom. The topological polar surface area (TPSA) is 43.8 Å². The molecule has 1 aromatic carbocycles. The summed E-state index contributed by atoms with van der Waals surface area (Å²) in [5.74, 6) is 0. The minimum Gasteiger partial charge on any atom is -0.324 e. The highest BCUT2D eigenvalue weighted by molar-refractivity contribution is 5.35. The van der Waals surface area contributed by atoms with Crippen LogP contribution in [0.5, 0.6) is 0 Å². The maximum Gasteiger partial charge on any atom is 0.0643 e. The van der Waals surface area contributed by atoms with Crippen LogP contribution in [0.25, 0.3) is 0 Å². The van der Waals surface area contributed by atoms with Gasteiger partial charge in [0, 0.05) is 24.7 Å². The Bertz CT molecular complexity index is 555. The minimum absolute atomic E-state index is 0.00964. The molecule has 0 bridgehead atoms. The van der Waals surface area contributed by atoms with Crippen molar-refractivity contribution in [3.8, 4) is 0 Å². The second-order valence-corrected chi connectivity index (χ2v) is 5.48. The smallest absolute Gasteiger partial charge is 0.0643 e. The first-order valence-electron chi connectivity index (χ1n) is 6.84. The summed E-state index contributed by atoms with van der Waals surface area (Å²) in [5, 5.41) is 4.56. The molecule has 0 aliphatic heterocycles. The van der Waals surface area contributed by atoms with Crippen LogP contribution in [0.4, 0.5) is 0 Å². The van der Waals surface area contributed by atoms with E-state index in [1.54, 1.807) is 0 Å². The number of aryl methyl sites for hydroxylation is 1. The molecule has 0 aliphatic rings. The maximum absolute atomic E-state index is 6.33. The molecule has 0 aliphatic carbocycles. The Labute approximate surface area is 115 Å². The van der Waals surface area contributed by atoms with E-state index in [1.807, 2.05) is 10.9 Å². The van der Waals surface area contributed by atoms with Gasteiger partial charge in [-0.1, -0.05) is 18.2 Å². The third kappa shape index (κ3) is 3.04. The van der Waals surface area contributed by atoms with Crippen LogP contribution in [-0.4, -0.2) is 9.78 Å². The van der Waals surface area contributed by atoms with E-state index < -0.39 is 0 Å². The van der Waals surface area contributed by atoms with Crippen molar-refractivity contribution in [3.05, 3.63) is 52.8 Å². The van der Waals surface area contributed by atoms with Crippen molar-refractivity contribution in [3.63, 3.8) is 0 Å². The van der Waals surface area contributed by atoms with Crippen molar-refractivity contribution in [2.24, 2.45) is 5.73 Å². The van der Waals surface area contributed by atoms with E-state index in [1.165, 1.54) is 16.7 Å². The van der Waals surface area contributed by atoms with Crippen molar-refractivity contribution in [1.29, 1.82) is 0 Å². The van der Waals surface area contributed by atoms with Crippen molar-refractivity contribution in [1.82, 2.24) is 9.78 Å². The monoisotopic (exact) mass is 257 g/mol. The molecule has 102 valence electrons. The predicted molar refractivity (Wildman–Crippen MR) is 79.2 cm³/mol. The number of nitrogens with two attached hydrogens (primary N) is 1. The van der Waals surface area contributed by atoms with Gasteiger partial charge in [-0.05, 0) is 50.5 Å². The lowest BCUT2D eigenvalue weighted by molar-refractivity contribution is 0.522. The first kappa shape index (κ1) is 13.8. The molecule has 2 N–H and O–H groups in total. The van der Waals surface area contributed by atoms with Gasteiger partial charge in [-0.25, -0.2) is 0 Å². The van der Waals surface area contributed by atoms with Gasteiger partial charge in [-0.15, -0.1) is 0 Å². The quantitative estimate of drug-likeness (QED) is 0.913. The molecule has 1 atom stereocenters.